The van der Waals surface area contributed by atoms with Gasteiger partial charge in [0.1, 0.15) is 12.9 Å². The van der Waals surface area contributed by atoms with Crippen LogP contribution >= 0.6 is 11.8 Å². The van der Waals surface area contributed by atoms with Crippen molar-refractivity contribution in [3.63, 3.8) is 0 Å². The van der Waals surface area contributed by atoms with E-state index in [1.807, 2.05) is 31.3 Å². The summed E-state index contributed by atoms with van der Waals surface area (Å²) < 4.78 is 1.75. The molecule has 0 aliphatic carbocycles. The van der Waals surface area contributed by atoms with Gasteiger partial charge in [-0.15, -0.1) is 0 Å². The van der Waals surface area contributed by atoms with E-state index in [-0.39, 0.29) is 6.61 Å². The van der Waals surface area contributed by atoms with Crippen molar-refractivity contribution in [2.45, 2.75) is 10.9 Å². The van der Waals surface area contributed by atoms with E-state index in [0.717, 1.165) is 16.5 Å². The van der Waals surface area contributed by atoms with Crippen LogP contribution in [-0.2, 0) is 12.8 Å². The van der Waals surface area contributed by atoms with Gasteiger partial charge in [-0.05, 0) is 17.7 Å². The molecule has 2 rings (SSSR count). The molecule has 0 aliphatic heterocycles. The summed E-state index contributed by atoms with van der Waals surface area (Å²) >= 11 is 1.63. The predicted octanol–water partition coefficient (Wildman–Crippen LogP) is 1.45. The van der Waals surface area contributed by atoms with E-state index in [1.54, 1.807) is 22.8 Å². The Balaban J connectivity index is 2.03. The lowest BCUT2D eigenvalue weighted by atomic mass is 10.1. The third kappa shape index (κ3) is 3.36. The van der Waals surface area contributed by atoms with Gasteiger partial charge in [-0.25, -0.2) is 9.67 Å². The fraction of sp³-hybridized carbons (Fsp3) is 0.231. The van der Waals surface area contributed by atoms with Crippen molar-refractivity contribution < 1.29 is 5.11 Å². The molecule has 0 spiro atoms. The molecular formula is C13H13N3OS. The summed E-state index contributed by atoms with van der Waals surface area (Å²) in [4.78, 5) is 4.16. The zero-order valence-corrected chi connectivity index (χ0v) is 10.8. The van der Waals surface area contributed by atoms with Gasteiger partial charge < -0.3 is 5.11 Å². The minimum atomic E-state index is -0.113. The van der Waals surface area contributed by atoms with Crippen LogP contribution in [0.4, 0.5) is 0 Å². The molecule has 92 valence electrons. The second kappa shape index (κ2) is 6.24. The highest BCUT2D eigenvalue weighted by Gasteiger charge is 2.02. The Labute approximate surface area is 110 Å². The Hall–Kier alpha value is -1.77. The SMILES string of the molecule is Cn1ncnc1SCc1cccc(C#CCO)c1. The molecule has 1 aromatic heterocycles. The van der Waals surface area contributed by atoms with Gasteiger partial charge in [0.25, 0.3) is 0 Å². The number of thioether (sulfide) groups is 1. The fourth-order valence-corrected chi connectivity index (χ4v) is 2.28. The molecule has 5 heteroatoms. The van der Waals surface area contributed by atoms with Crippen LogP contribution in [0, 0.1) is 11.8 Å². The largest absolute Gasteiger partial charge is 0.384 e. The van der Waals surface area contributed by atoms with Crippen molar-refractivity contribution in [3.05, 3.63) is 41.7 Å². The number of aromatic nitrogens is 3. The van der Waals surface area contributed by atoms with Gasteiger partial charge >= 0.3 is 0 Å². The standard InChI is InChI=1S/C13H13N3OS/c1-16-13(14-10-15-16)18-9-12-5-2-4-11(8-12)6-3-7-17/h2,4-5,8,10,17H,7,9H2,1H3. The highest BCUT2D eigenvalue weighted by molar-refractivity contribution is 7.98. The number of hydrogen-bond donors (Lipinski definition) is 1. The number of rotatable bonds is 3. The minimum absolute atomic E-state index is 0.113. The van der Waals surface area contributed by atoms with Crippen molar-refractivity contribution in [1.82, 2.24) is 14.8 Å². The van der Waals surface area contributed by atoms with Crippen LogP contribution < -0.4 is 0 Å². The third-order valence-electron chi connectivity index (χ3n) is 2.28. The van der Waals surface area contributed by atoms with Gasteiger partial charge in [-0.1, -0.05) is 35.7 Å². The molecule has 1 heterocycles. The van der Waals surface area contributed by atoms with Crippen molar-refractivity contribution in [1.29, 1.82) is 0 Å². The van der Waals surface area contributed by atoms with Crippen LogP contribution in [0.3, 0.4) is 0 Å². The Morgan fingerprint density at radius 3 is 3.06 bits per heavy atom. The number of aryl methyl sites for hydroxylation is 1. The van der Waals surface area contributed by atoms with Gasteiger partial charge in [-0.3, -0.25) is 0 Å². The van der Waals surface area contributed by atoms with Crippen molar-refractivity contribution >= 4 is 11.8 Å². The molecule has 1 N–H and O–H groups in total. The lowest BCUT2D eigenvalue weighted by Crippen LogP contribution is -1.93. The van der Waals surface area contributed by atoms with Crippen molar-refractivity contribution in [2.24, 2.45) is 7.05 Å². The smallest absolute Gasteiger partial charge is 0.186 e. The van der Waals surface area contributed by atoms with Crippen LogP contribution in [0.5, 0.6) is 0 Å². The second-order valence-electron chi connectivity index (χ2n) is 3.62. The number of hydrogen-bond acceptors (Lipinski definition) is 4. The molecule has 0 bridgehead atoms. The van der Waals surface area contributed by atoms with E-state index in [0.29, 0.717) is 0 Å². The molecule has 0 unspecified atom stereocenters. The van der Waals surface area contributed by atoms with Gasteiger partial charge in [0.2, 0.25) is 0 Å². The van der Waals surface area contributed by atoms with E-state index in [2.05, 4.69) is 21.9 Å². The number of nitrogens with zero attached hydrogens (tertiary/aromatic N) is 3. The second-order valence-corrected chi connectivity index (χ2v) is 4.56. The summed E-state index contributed by atoms with van der Waals surface area (Å²) in [6.07, 6.45) is 1.55. The van der Waals surface area contributed by atoms with Crippen LogP contribution in [0.1, 0.15) is 11.1 Å². The first-order chi connectivity index (χ1) is 8.79. The summed E-state index contributed by atoms with van der Waals surface area (Å²) in [5.41, 5.74) is 2.09. The molecule has 2 aromatic rings. The monoisotopic (exact) mass is 259 g/mol. The van der Waals surface area contributed by atoms with E-state index in [1.165, 1.54) is 5.56 Å². The minimum Gasteiger partial charge on any atom is -0.384 e. The molecule has 0 saturated carbocycles. The Kier molecular flexibility index (Phi) is 4.40. The summed E-state index contributed by atoms with van der Waals surface area (Å²) in [6, 6.07) is 7.96. The maximum atomic E-state index is 8.66. The van der Waals surface area contributed by atoms with Gasteiger partial charge in [0, 0.05) is 18.4 Å². The molecule has 0 saturated heterocycles. The van der Waals surface area contributed by atoms with Gasteiger partial charge in [-0.2, -0.15) is 5.10 Å². The number of aliphatic hydroxyl groups is 1. The molecule has 0 radical (unpaired) electrons. The molecule has 0 atom stereocenters. The highest BCUT2D eigenvalue weighted by Crippen LogP contribution is 2.20. The normalized spacial score (nSPS) is 9.89. The molecule has 0 amide bonds. The Morgan fingerprint density at radius 2 is 2.33 bits per heavy atom. The van der Waals surface area contributed by atoms with E-state index < -0.39 is 0 Å². The van der Waals surface area contributed by atoms with E-state index >= 15 is 0 Å². The highest BCUT2D eigenvalue weighted by atomic mass is 32.2. The molecule has 0 fully saturated rings. The van der Waals surface area contributed by atoms with Crippen LogP contribution in [-0.4, -0.2) is 26.5 Å². The topological polar surface area (TPSA) is 50.9 Å². The van der Waals surface area contributed by atoms with Crippen molar-refractivity contribution in [3.8, 4) is 11.8 Å². The fourth-order valence-electron chi connectivity index (χ4n) is 1.44. The molecule has 18 heavy (non-hydrogen) atoms. The maximum absolute atomic E-state index is 8.66. The van der Waals surface area contributed by atoms with Crippen molar-refractivity contribution in [2.75, 3.05) is 6.61 Å². The Bertz CT molecular complexity index is 583. The number of aliphatic hydroxyl groups excluding tert-OH is 1. The molecular weight excluding hydrogens is 246 g/mol. The zero-order chi connectivity index (χ0) is 12.8. The van der Waals surface area contributed by atoms with Crippen LogP contribution in [0.15, 0.2) is 35.7 Å². The summed E-state index contributed by atoms with van der Waals surface area (Å²) in [5, 5.41) is 13.6. The number of benzene rings is 1. The summed E-state index contributed by atoms with van der Waals surface area (Å²) in [7, 11) is 1.87. The molecule has 4 nitrogen and oxygen atoms in total. The first kappa shape index (κ1) is 12.7. The average Bonchev–Trinajstić information content (AvgIpc) is 2.80. The summed E-state index contributed by atoms with van der Waals surface area (Å²) in [6.45, 7) is -0.113. The molecule has 1 aromatic carbocycles. The van der Waals surface area contributed by atoms with E-state index in [9.17, 15) is 0 Å². The maximum Gasteiger partial charge on any atom is 0.186 e. The quantitative estimate of drug-likeness (QED) is 0.669. The predicted molar refractivity (Wildman–Crippen MR) is 71.0 cm³/mol. The van der Waals surface area contributed by atoms with E-state index in [4.69, 9.17) is 5.11 Å². The lowest BCUT2D eigenvalue weighted by molar-refractivity contribution is 0.350. The van der Waals surface area contributed by atoms with Gasteiger partial charge in [0.15, 0.2) is 5.16 Å². The van der Waals surface area contributed by atoms with Crippen LogP contribution in [0.2, 0.25) is 0 Å². The third-order valence-corrected chi connectivity index (χ3v) is 3.38. The first-order valence-electron chi connectivity index (χ1n) is 5.45. The Morgan fingerprint density at radius 1 is 1.44 bits per heavy atom. The van der Waals surface area contributed by atoms with Crippen LogP contribution in [0.25, 0.3) is 0 Å². The summed E-state index contributed by atoms with van der Waals surface area (Å²) in [5.74, 6) is 6.36. The molecule has 0 aliphatic rings. The zero-order valence-electron chi connectivity index (χ0n) is 10.00. The average molecular weight is 259 g/mol. The first-order valence-corrected chi connectivity index (χ1v) is 6.43. The van der Waals surface area contributed by atoms with Gasteiger partial charge in [0.05, 0.1) is 0 Å². The lowest BCUT2D eigenvalue weighted by Gasteiger charge is -2.01.